The highest BCUT2D eigenvalue weighted by atomic mass is 16.1. The van der Waals surface area contributed by atoms with Gasteiger partial charge in [0.25, 0.3) is 5.91 Å². The van der Waals surface area contributed by atoms with Gasteiger partial charge >= 0.3 is 0 Å². The average molecular weight is 236 g/mol. The highest BCUT2D eigenvalue weighted by Gasteiger charge is 2.13. The summed E-state index contributed by atoms with van der Waals surface area (Å²) in [7, 11) is 1.82. The van der Waals surface area contributed by atoms with E-state index in [1.54, 1.807) is 17.1 Å². The number of hydrogen-bond acceptors (Lipinski definition) is 3. The number of nitrogens with one attached hydrogen (secondary N) is 2. The molecular weight excluding hydrogens is 216 g/mol. The molecule has 0 radical (unpaired) electrons. The molecule has 2 rings (SSSR count). The molecule has 0 aromatic carbocycles. The molecule has 2 N–H and O–H groups in total. The van der Waals surface area contributed by atoms with E-state index < -0.39 is 0 Å². The lowest BCUT2D eigenvalue weighted by atomic mass is 10.0. The van der Waals surface area contributed by atoms with E-state index in [9.17, 15) is 4.79 Å². The SMILES string of the molecule is Cn1cncc1C(=O)NCCC1CCCCN1. The molecular formula is C12H20N4O. The summed E-state index contributed by atoms with van der Waals surface area (Å²) >= 11 is 0. The Balaban J connectivity index is 1.71. The Morgan fingerprint density at radius 3 is 3.18 bits per heavy atom. The summed E-state index contributed by atoms with van der Waals surface area (Å²) in [6.45, 7) is 1.84. The van der Waals surface area contributed by atoms with Gasteiger partial charge in [0, 0.05) is 19.6 Å². The molecule has 1 aromatic heterocycles. The monoisotopic (exact) mass is 236 g/mol. The van der Waals surface area contributed by atoms with Gasteiger partial charge in [-0.1, -0.05) is 6.42 Å². The van der Waals surface area contributed by atoms with Crippen molar-refractivity contribution in [1.82, 2.24) is 20.2 Å². The van der Waals surface area contributed by atoms with E-state index in [-0.39, 0.29) is 5.91 Å². The van der Waals surface area contributed by atoms with Crippen LogP contribution in [0.2, 0.25) is 0 Å². The second-order valence-electron chi connectivity index (χ2n) is 4.58. The van der Waals surface area contributed by atoms with Crippen molar-refractivity contribution >= 4 is 5.91 Å². The van der Waals surface area contributed by atoms with Crippen LogP contribution in [-0.2, 0) is 7.05 Å². The van der Waals surface area contributed by atoms with Crippen molar-refractivity contribution in [3.63, 3.8) is 0 Å². The topological polar surface area (TPSA) is 59.0 Å². The molecule has 94 valence electrons. The number of rotatable bonds is 4. The Kier molecular flexibility index (Phi) is 4.14. The summed E-state index contributed by atoms with van der Waals surface area (Å²) in [5.74, 6) is -0.0409. The number of piperidine rings is 1. The Morgan fingerprint density at radius 1 is 1.65 bits per heavy atom. The third kappa shape index (κ3) is 3.30. The van der Waals surface area contributed by atoms with Gasteiger partial charge in [-0.25, -0.2) is 4.98 Å². The highest BCUT2D eigenvalue weighted by molar-refractivity contribution is 5.92. The van der Waals surface area contributed by atoms with Crippen LogP contribution in [-0.4, -0.2) is 34.6 Å². The van der Waals surface area contributed by atoms with Crippen LogP contribution in [0.4, 0.5) is 0 Å². The summed E-state index contributed by atoms with van der Waals surface area (Å²) in [5.41, 5.74) is 0.613. The average Bonchev–Trinajstić information content (AvgIpc) is 2.77. The van der Waals surface area contributed by atoms with Gasteiger partial charge in [-0.05, 0) is 25.8 Å². The molecule has 0 aliphatic carbocycles. The zero-order chi connectivity index (χ0) is 12.1. The van der Waals surface area contributed by atoms with Crippen molar-refractivity contribution in [2.24, 2.45) is 7.05 Å². The van der Waals surface area contributed by atoms with Crippen LogP contribution in [0.5, 0.6) is 0 Å². The predicted molar refractivity (Wildman–Crippen MR) is 65.8 cm³/mol. The first kappa shape index (κ1) is 12.1. The Bertz CT molecular complexity index is 368. The van der Waals surface area contributed by atoms with Crippen LogP contribution >= 0.6 is 0 Å². The fourth-order valence-corrected chi connectivity index (χ4v) is 2.20. The van der Waals surface area contributed by atoms with Crippen LogP contribution in [0.15, 0.2) is 12.5 Å². The third-order valence-corrected chi connectivity index (χ3v) is 3.24. The summed E-state index contributed by atoms with van der Waals surface area (Å²) in [6, 6.07) is 0.565. The first-order valence-corrected chi connectivity index (χ1v) is 6.25. The number of amides is 1. The largest absolute Gasteiger partial charge is 0.351 e. The number of nitrogens with zero attached hydrogens (tertiary/aromatic N) is 2. The fraction of sp³-hybridized carbons (Fsp3) is 0.667. The van der Waals surface area contributed by atoms with Crippen molar-refractivity contribution < 1.29 is 4.79 Å². The number of imidazole rings is 1. The first-order valence-electron chi connectivity index (χ1n) is 6.25. The second-order valence-corrected chi connectivity index (χ2v) is 4.58. The third-order valence-electron chi connectivity index (χ3n) is 3.24. The second kappa shape index (κ2) is 5.82. The van der Waals surface area contributed by atoms with Gasteiger partial charge in [0.2, 0.25) is 0 Å². The maximum atomic E-state index is 11.8. The molecule has 0 bridgehead atoms. The maximum Gasteiger partial charge on any atom is 0.269 e. The molecule has 1 aliphatic rings. The van der Waals surface area contributed by atoms with E-state index in [1.165, 1.54) is 19.3 Å². The minimum Gasteiger partial charge on any atom is -0.351 e. The molecule has 1 unspecified atom stereocenters. The van der Waals surface area contributed by atoms with Crippen molar-refractivity contribution in [1.29, 1.82) is 0 Å². The molecule has 1 saturated heterocycles. The van der Waals surface area contributed by atoms with E-state index in [0.29, 0.717) is 11.7 Å². The van der Waals surface area contributed by atoms with Crippen molar-refractivity contribution in [3.05, 3.63) is 18.2 Å². The lowest BCUT2D eigenvalue weighted by Gasteiger charge is -2.23. The van der Waals surface area contributed by atoms with Gasteiger partial charge in [-0.3, -0.25) is 4.79 Å². The van der Waals surface area contributed by atoms with Crippen LogP contribution in [0.1, 0.15) is 36.2 Å². The summed E-state index contributed by atoms with van der Waals surface area (Å²) in [6.07, 6.45) is 8.03. The van der Waals surface area contributed by atoms with E-state index in [0.717, 1.165) is 19.5 Å². The molecule has 1 fully saturated rings. The van der Waals surface area contributed by atoms with Gasteiger partial charge in [0.15, 0.2) is 0 Å². The van der Waals surface area contributed by atoms with Gasteiger partial charge in [0.1, 0.15) is 5.69 Å². The minimum absolute atomic E-state index is 0.0409. The maximum absolute atomic E-state index is 11.8. The van der Waals surface area contributed by atoms with Crippen LogP contribution in [0, 0.1) is 0 Å². The lowest BCUT2D eigenvalue weighted by molar-refractivity contribution is 0.0943. The van der Waals surface area contributed by atoms with Crippen molar-refractivity contribution in [3.8, 4) is 0 Å². The lowest BCUT2D eigenvalue weighted by Crippen LogP contribution is -2.37. The van der Waals surface area contributed by atoms with Crippen LogP contribution < -0.4 is 10.6 Å². The number of carbonyl (C=O) groups excluding carboxylic acids is 1. The number of aryl methyl sites for hydroxylation is 1. The zero-order valence-electron chi connectivity index (χ0n) is 10.3. The molecule has 1 aromatic rings. The molecule has 1 atom stereocenters. The van der Waals surface area contributed by atoms with E-state index in [4.69, 9.17) is 0 Å². The highest BCUT2D eigenvalue weighted by Crippen LogP contribution is 2.09. The normalized spacial score (nSPS) is 20.2. The molecule has 0 saturated carbocycles. The molecule has 5 heteroatoms. The van der Waals surface area contributed by atoms with Crippen LogP contribution in [0.3, 0.4) is 0 Å². The molecule has 5 nitrogen and oxygen atoms in total. The Morgan fingerprint density at radius 2 is 2.53 bits per heavy atom. The number of aromatic nitrogens is 2. The first-order chi connectivity index (χ1) is 8.27. The molecule has 2 heterocycles. The summed E-state index contributed by atoms with van der Waals surface area (Å²) in [4.78, 5) is 15.7. The van der Waals surface area contributed by atoms with E-state index in [2.05, 4.69) is 15.6 Å². The van der Waals surface area contributed by atoms with Gasteiger partial charge < -0.3 is 15.2 Å². The molecule has 1 amide bonds. The number of carbonyl (C=O) groups is 1. The minimum atomic E-state index is -0.0409. The van der Waals surface area contributed by atoms with Gasteiger partial charge in [-0.15, -0.1) is 0 Å². The smallest absolute Gasteiger partial charge is 0.269 e. The molecule has 0 spiro atoms. The van der Waals surface area contributed by atoms with Gasteiger partial charge in [0.05, 0.1) is 12.5 Å². The fourth-order valence-electron chi connectivity index (χ4n) is 2.20. The molecule has 1 aliphatic heterocycles. The van der Waals surface area contributed by atoms with Crippen LogP contribution in [0.25, 0.3) is 0 Å². The Labute approximate surface area is 102 Å². The standard InChI is InChI=1S/C12H20N4O/c1-16-9-13-8-11(16)12(17)15-7-5-10-4-2-3-6-14-10/h8-10,14H,2-7H2,1H3,(H,15,17). The predicted octanol–water partition coefficient (Wildman–Crippen LogP) is 0.682. The molecule has 17 heavy (non-hydrogen) atoms. The number of hydrogen-bond donors (Lipinski definition) is 2. The van der Waals surface area contributed by atoms with Gasteiger partial charge in [-0.2, -0.15) is 0 Å². The summed E-state index contributed by atoms with van der Waals surface area (Å²) in [5, 5.41) is 6.40. The Hall–Kier alpha value is -1.36. The summed E-state index contributed by atoms with van der Waals surface area (Å²) < 4.78 is 1.73. The van der Waals surface area contributed by atoms with Crippen molar-refractivity contribution in [2.45, 2.75) is 31.7 Å². The van der Waals surface area contributed by atoms with Crippen molar-refractivity contribution in [2.75, 3.05) is 13.1 Å². The quantitative estimate of drug-likeness (QED) is 0.808. The van der Waals surface area contributed by atoms with E-state index in [1.807, 2.05) is 7.05 Å². The zero-order valence-corrected chi connectivity index (χ0v) is 10.3. The van der Waals surface area contributed by atoms with E-state index >= 15 is 0 Å².